The van der Waals surface area contributed by atoms with Gasteiger partial charge in [0.25, 0.3) is 0 Å². The molecule has 2 unspecified atom stereocenters. The first-order chi connectivity index (χ1) is 9.29. The summed E-state index contributed by atoms with van der Waals surface area (Å²) in [7, 11) is 0. The Balaban J connectivity index is 0.000000861. The molecule has 0 amide bonds. The molecule has 1 aromatic carbocycles. The second-order valence-electron chi connectivity index (χ2n) is 5.47. The summed E-state index contributed by atoms with van der Waals surface area (Å²) in [6.45, 7) is 6.78. The van der Waals surface area contributed by atoms with Crippen LogP contribution in [0.2, 0.25) is 0 Å². The van der Waals surface area contributed by atoms with Gasteiger partial charge in [0.05, 0.1) is 0 Å². The lowest BCUT2D eigenvalue weighted by molar-refractivity contribution is 0.339. The Morgan fingerprint density at radius 3 is 2.21 bits per heavy atom. The van der Waals surface area contributed by atoms with Crippen molar-refractivity contribution in [2.45, 2.75) is 45.4 Å². The van der Waals surface area contributed by atoms with Crippen LogP contribution in [-0.4, -0.2) is 6.26 Å². The first kappa shape index (κ1) is 16.4. The van der Waals surface area contributed by atoms with E-state index in [2.05, 4.69) is 56.5 Å². The van der Waals surface area contributed by atoms with Crippen LogP contribution < -0.4 is 0 Å². The highest BCUT2D eigenvalue weighted by atomic mass is 32.1. The molecule has 2 atom stereocenters. The van der Waals surface area contributed by atoms with Crippen LogP contribution in [0.15, 0.2) is 36.9 Å². The first-order valence-electron chi connectivity index (χ1n) is 7.48. The Hall–Kier alpha value is -0.690. The third-order valence-corrected chi connectivity index (χ3v) is 4.20. The third-order valence-electron chi connectivity index (χ3n) is 4.20. The second-order valence-corrected chi connectivity index (χ2v) is 5.47. The van der Waals surface area contributed by atoms with Crippen LogP contribution in [0.3, 0.4) is 0 Å². The molecule has 0 saturated heterocycles. The zero-order chi connectivity index (χ0) is 14.1. The van der Waals surface area contributed by atoms with Crippen LogP contribution in [0.1, 0.15) is 51.0 Å². The minimum Gasteiger partial charge on any atom is -0.183 e. The molecular formula is C18H28S. The van der Waals surface area contributed by atoms with E-state index >= 15 is 0 Å². The van der Waals surface area contributed by atoms with Gasteiger partial charge in [-0.3, -0.25) is 0 Å². The molecule has 1 saturated carbocycles. The maximum absolute atomic E-state index is 4.37. The van der Waals surface area contributed by atoms with E-state index in [0.29, 0.717) is 5.92 Å². The summed E-state index contributed by atoms with van der Waals surface area (Å²) in [6, 6.07) is 10.7. The molecule has 0 bridgehead atoms. The second kappa shape index (κ2) is 9.25. The van der Waals surface area contributed by atoms with Crippen molar-refractivity contribution in [2.75, 3.05) is 6.26 Å². The zero-order valence-corrected chi connectivity index (χ0v) is 13.3. The van der Waals surface area contributed by atoms with E-state index in [0.717, 1.165) is 5.92 Å². The molecule has 1 fully saturated rings. The molecule has 0 aromatic heterocycles. The van der Waals surface area contributed by atoms with Gasteiger partial charge < -0.3 is 0 Å². The molecule has 0 radical (unpaired) electrons. The Bertz CT molecular complexity index is 355. The Morgan fingerprint density at radius 1 is 1.00 bits per heavy atom. The summed E-state index contributed by atoms with van der Waals surface area (Å²) in [5, 5.41) is 0. The van der Waals surface area contributed by atoms with E-state index < -0.39 is 0 Å². The largest absolute Gasteiger partial charge is 0.183 e. The predicted octanol–water partition coefficient (Wildman–Crippen LogP) is 5.85. The number of thiol groups is 1. The average Bonchev–Trinajstić information content (AvgIpc) is 2.46. The standard InChI is InChI=1S/C17H24.CH4S/c1-14-10-6-3-4-9-13-17(14)15(2)16-11-7-5-8-12-16;1-2/h5,7-8,11-12,14,17H,2-4,6,9-10,13H2,1H3;2H,1H3. The van der Waals surface area contributed by atoms with Crippen LogP contribution in [-0.2, 0) is 0 Å². The van der Waals surface area contributed by atoms with Crippen LogP contribution >= 0.6 is 12.6 Å². The lowest BCUT2D eigenvalue weighted by Gasteiger charge is -2.28. The third kappa shape index (κ3) is 5.06. The molecule has 0 aliphatic heterocycles. The van der Waals surface area contributed by atoms with Crippen molar-refractivity contribution in [1.82, 2.24) is 0 Å². The van der Waals surface area contributed by atoms with Gasteiger partial charge in [0, 0.05) is 0 Å². The van der Waals surface area contributed by atoms with Crippen molar-refractivity contribution < 1.29 is 0 Å². The fourth-order valence-electron chi connectivity index (χ4n) is 3.05. The summed E-state index contributed by atoms with van der Waals surface area (Å²) < 4.78 is 0. The normalized spacial score (nSPS) is 23.5. The van der Waals surface area contributed by atoms with E-state index in [4.69, 9.17) is 0 Å². The van der Waals surface area contributed by atoms with Crippen molar-refractivity contribution in [2.24, 2.45) is 11.8 Å². The number of benzene rings is 1. The molecule has 0 spiro atoms. The van der Waals surface area contributed by atoms with E-state index in [1.165, 1.54) is 49.7 Å². The van der Waals surface area contributed by atoms with Gasteiger partial charge >= 0.3 is 0 Å². The highest BCUT2D eigenvalue weighted by Crippen LogP contribution is 2.36. The average molecular weight is 276 g/mol. The monoisotopic (exact) mass is 276 g/mol. The summed E-state index contributed by atoms with van der Waals surface area (Å²) in [5.74, 6) is 1.49. The van der Waals surface area contributed by atoms with Crippen molar-refractivity contribution in [3.8, 4) is 0 Å². The van der Waals surface area contributed by atoms with Gasteiger partial charge in [-0.05, 0) is 35.6 Å². The predicted molar refractivity (Wildman–Crippen MR) is 90.7 cm³/mol. The van der Waals surface area contributed by atoms with Crippen molar-refractivity contribution in [3.63, 3.8) is 0 Å². The quantitative estimate of drug-likeness (QED) is 0.643. The van der Waals surface area contributed by atoms with E-state index in [-0.39, 0.29) is 0 Å². The van der Waals surface area contributed by atoms with Crippen molar-refractivity contribution in [3.05, 3.63) is 42.5 Å². The summed E-state index contributed by atoms with van der Waals surface area (Å²) in [6.07, 6.45) is 10.0. The molecule has 1 aromatic rings. The van der Waals surface area contributed by atoms with Crippen LogP contribution in [0, 0.1) is 11.8 Å². The van der Waals surface area contributed by atoms with E-state index in [1.54, 1.807) is 6.26 Å². The highest BCUT2D eigenvalue weighted by molar-refractivity contribution is 7.79. The Kier molecular flexibility index (Phi) is 7.97. The van der Waals surface area contributed by atoms with Crippen molar-refractivity contribution >= 4 is 18.2 Å². The fourth-order valence-corrected chi connectivity index (χ4v) is 3.05. The Labute approximate surface area is 124 Å². The first-order valence-corrected chi connectivity index (χ1v) is 8.37. The molecule has 0 heterocycles. The molecule has 0 nitrogen and oxygen atoms in total. The summed E-state index contributed by atoms with van der Waals surface area (Å²) in [5.41, 5.74) is 2.70. The van der Waals surface area contributed by atoms with Gasteiger partial charge in [-0.2, -0.15) is 12.6 Å². The smallest absolute Gasteiger partial charge is 0.0136 e. The van der Waals surface area contributed by atoms with Gasteiger partial charge in [0.15, 0.2) is 0 Å². The molecule has 1 aliphatic carbocycles. The van der Waals surface area contributed by atoms with E-state index in [9.17, 15) is 0 Å². The lowest BCUT2D eigenvalue weighted by atomic mass is 9.77. The minimum atomic E-state index is 0.692. The van der Waals surface area contributed by atoms with Gasteiger partial charge in [-0.15, -0.1) is 0 Å². The number of allylic oxidation sites excluding steroid dienone is 1. The summed E-state index contributed by atoms with van der Waals surface area (Å²) >= 11 is 3.53. The topological polar surface area (TPSA) is 0 Å². The number of hydrogen-bond acceptors (Lipinski definition) is 1. The van der Waals surface area contributed by atoms with Crippen molar-refractivity contribution in [1.29, 1.82) is 0 Å². The van der Waals surface area contributed by atoms with Gasteiger partial charge in [-0.1, -0.05) is 75.9 Å². The molecule has 106 valence electrons. The molecular weight excluding hydrogens is 248 g/mol. The van der Waals surface area contributed by atoms with E-state index in [1.807, 2.05) is 0 Å². The zero-order valence-electron chi connectivity index (χ0n) is 12.4. The number of hydrogen-bond donors (Lipinski definition) is 1. The molecule has 0 N–H and O–H groups in total. The maximum Gasteiger partial charge on any atom is -0.0136 e. The minimum absolute atomic E-state index is 0.692. The molecule has 1 aliphatic rings. The molecule has 1 heteroatoms. The van der Waals surface area contributed by atoms with Crippen LogP contribution in [0.4, 0.5) is 0 Å². The highest BCUT2D eigenvalue weighted by Gasteiger charge is 2.22. The SMILES string of the molecule is C=C(c1ccccc1)C1CCCCCCC1C.CS. The van der Waals surface area contributed by atoms with Gasteiger partial charge in [-0.25, -0.2) is 0 Å². The molecule has 19 heavy (non-hydrogen) atoms. The summed E-state index contributed by atoms with van der Waals surface area (Å²) in [4.78, 5) is 0. The van der Waals surface area contributed by atoms with Crippen LogP contribution in [0.25, 0.3) is 5.57 Å². The van der Waals surface area contributed by atoms with Crippen LogP contribution in [0.5, 0.6) is 0 Å². The number of rotatable bonds is 2. The lowest BCUT2D eigenvalue weighted by Crippen LogP contribution is -2.15. The maximum atomic E-state index is 4.37. The van der Waals surface area contributed by atoms with Gasteiger partial charge in [0.1, 0.15) is 0 Å². The van der Waals surface area contributed by atoms with Gasteiger partial charge in [0.2, 0.25) is 0 Å². The fraction of sp³-hybridized carbons (Fsp3) is 0.556. The molecule has 2 rings (SSSR count). The Morgan fingerprint density at radius 2 is 1.58 bits per heavy atom.